The number of nitrogens with two attached hydrogens (primary N) is 1. The molecule has 2 rings (SSSR count). The van der Waals surface area contributed by atoms with Crippen molar-refractivity contribution in [1.29, 1.82) is 0 Å². The zero-order valence-corrected chi connectivity index (χ0v) is 11.7. The Morgan fingerprint density at radius 2 is 2.05 bits per heavy atom. The number of halogens is 2. The molecule has 0 saturated carbocycles. The SMILES string of the molecule is COCc1cc(NN)nc(-c2cc(Cl)ccc2Cl)n1. The Bertz CT molecular complexity index is 592. The molecule has 0 bridgehead atoms. The Kier molecular flexibility index (Phi) is 4.55. The van der Waals surface area contributed by atoms with Crippen molar-refractivity contribution < 1.29 is 4.74 Å². The number of nitrogens with one attached hydrogen (secondary N) is 1. The van der Waals surface area contributed by atoms with Gasteiger partial charge in [0.15, 0.2) is 5.82 Å². The van der Waals surface area contributed by atoms with Gasteiger partial charge in [0.25, 0.3) is 0 Å². The van der Waals surface area contributed by atoms with Crippen molar-refractivity contribution in [3.63, 3.8) is 0 Å². The lowest BCUT2D eigenvalue weighted by Crippen LogP contribution is -2.11. The van der Waals surface area contributed by atoms with Gasteiger partial charge in [-0.25, -0.2) is 15.8 Å². The van der Waals surface area contributed by atoms with Crippen LogP contribution in [0.4, 0.5) is 5.82 Å². The van der Waals surface area contributed by atoms with Gasteiger partial charge in [-0.1, -0.05) is 23.2 Å². The highest BCUT2D eigenvalue weighted by molar-refractivity contribution is 6.35. The van der Waals surface area contributed by atoms with Crippen molar-refractivity contribution >= 4 is 29.0 Å². The highest BCUT2D eigenvalue weighted by atomic mass is 35.5. The molecule has 0 unspecified atom stereocenters. The fraction of sp³-hybridized carbons (Fsp3) is 0.167. The van der Waals surface area contributed by atoms with Crippen LogP contribution in [0.25, 0.3) is 11.4 Å². The molecule has 0 amide bonds. The van der Waals surface area contributed by atoms with Crippen LogP contribution in [-0.4, -0.2) is 17.1 Å². The van der Waals surface area contributed by atoms with E-state index in [4.69, 9.17) is 33.8 Å². The summed E-state index contributed by atoms with van der Waals surface area (Å²) < 4.78 is 5.05. The van der Waals surface area contributed by atoms with E-state index in [2.05, 4.69) is 15.4 Å². The first kappa shape index (κ1) is 14.0. The summed E-state index contributed by atoms with van der Waals surface area (Å²) in [5.41, 5.74) is 3.82. The maximum atomic E-state index is 6.13. The van der Waals surface area contributed by atoms with Gasteiger partial charge < -0.3 is 10.2 Å². The highest BCUT2D eigenvalue weighted by Gasteiger charge is 2.10. The summed E-state index contributed by atoms with van der Waals surface area (Å²) in [5, 5.41) is 1.07. The molecule has 0 fully saturated rings. The lowest BCUT2D eigenvalue weighted by Gasteiger charge is -2.08. The molecule has 5 nitrogen and oxygen atoms in total. The van der Waals surface area contributed by atoms with Gasteiger partial charge in [-0.3, -0.25) is 0 Å². The normalized spacial score (nSPS) is 10.5. The van der Waals surface area contributed by atoms with Crippen molar-refractivity contribution in [1.82, 2.24) is 9.97 Å². The van der Waals surface area contributed by atoms with Gasteiger partial charge in [-0.15, -0.1) is 0 Å². The van der Waals surface area contributed by atoms with E-state index >= 15 is 0 Å². The van der Waals surface area contributed by atoms with Gasteiger partial charge in [0, 0.05) is 23.8 Å². The summed E-state index contributed by atoms with van der Waals surface area (Å²) in [6.07, 6.45) is 0. The smallest absolute Gasteiger partial charge is 0.163 e. The second-order valence-electron chi connectivity index (χ2n) is 3.77. The van der Waals surface area contributed by atoms with E-state index < -0.39 is 0 Å². The molecule has 2 aromatic rings. The number of rotatable bonds is 4. The summed E-state index contributed by atoms with van der Waals surface area (Å²) in [5.74, 6) is 6.31. The van der Waals surface area contributed by atoms with Crippen LogP contribution in [-0.2, 0) is 11.3 Å². The van der Waals surface area contributed by atoms with Crippen LogP contribution >= 0.6 is 23.2 Å². The molecule has 1 aromatic carbocycles. The number of benzene rings is 1. The molecule has 1 aromatic heterocycles. The van der Waals surface area contributed by atoms with Crippen molar-refractivity contribution in [3.05, 3.63) is 40.0 Å². The standard InChI is InChI=1S/C12H12Cl2N4O/c1-19-6-8-5-11(18-15)17-12(16-8)9-4-7(13)2-3-10(9)14/h2-5H,6,15H2,1H3,(H,16,17,18). The number of hydrogen-bond acceptors (Lipinski definition) is 5. The molecular weight excluding hydrogens is 287 g/mol. The Labute approximate surface area is 120 Å². The van der Waals surface area contributed by atoms with Crippen LogP contribution in [0.1, 0.15) is 5.69 Å². The molecule has 3 N–H and O–H groups in total. The summed E-state index contributed by atoms with van der Waals surface area (Å²) in [4.78, 5) is 8.63. The van der Waals surface area contributed by atoms with Crippen molar-refractivity contribution in [3.8, 4) is 11.4 Å². The molecule has 0 aliphatic rings. The molecule has 0 atom stereocenters. The predicted octanol–water partition coefficient (Wildman–Crippen LogP) is 2.88. The highest BCUT2D eigenvalue weighted by Crippen LogP contribution is 2.29. The average molecular weight is 299 g/mol. The molecule has 0 saturated heterocycles. The van der Waals surface area contributed by atoms with E-state index in [1.807, 2.05) is 0 Å². The third-order valence-corrected chi connectivity index (χ3v) is 2.95. The third kappa shape index (κ3) is 3.33. The topological polar surface area (TPSA) is 73.1 Å². The second kappa shape index (κ2) is 6.16. The number of aromatic nitrogens is 2. The second-order valence-corrected chi connectivity index (χ2v) is 4.61. The van der Waals surface area contributed by atoms with Crippen LogP contribution < -0.4 is 11.3 Å². The van der Waals surface area contributed by atoms with E-state index in [9.17, 15) is 0 Å². The first-order chi connectivity index (χ1) is 9.13. The number of nitrogen functional groups attached to an aromatic ring is 1. The minimum absolute atomic E-state index is 0.350. The molecule has 0 radical (unpaired) electrons. The first-order valence-electron chi connectivity index (χ1n) is 5.43. The first-order valence-corrected chi connectivity index (χ1v) is 6.18. The fourth-order valence-corrected chi connectivity index (χ4v) is 1.96. The average Bonchev–Trinajstić information content (AvgIpc) is 2.41. The number of methoxy groups -OCH3 is 1. The van der Waals surface area contributed by atoms with E-state index in [0.717, 1.165) is 0 Å². The molecule has 7 heteroatoms. The summed E-state index contributed by atoms with van der Waals surface area (Å²) in [7, 11) is 1.59. The van der Waals surface area contributed by atoms with Gasteiger partial charge in [0.05, 0.1) is 17.3 Å². The lowest BCUT2D eigenvalue weighted by atomic mass is 10.2. The van der Waals surface area contributed by atoms with Crippen LogP contribution in [0.2, 0.25) is 10.0 Å². The van der Waals surface area contributed by atoms with Crippen LogP contribution in [0.5, 0.6) is 0 Å². The molecule has 0 aliphatic heterocycles. The van der Waals surface area contributed by atoms with Gasteiger partial charge in [-0.2, -0.15) is 0 Å². The predicted molar refractivity (Wildman–Crippen MR) is 76.0 cm³/mol. The minimum Gasteiger partial charge on any atom is -0.378 e. The van der Waals surface area contributed by atoms with E-state index in [1.165, 1.54) is 0 Å². The number of ether oxygens (including phenoxy) is 1. The summed E-state index contributed by atoms with van der Waals surface area (Å²) in [6.45, 7) is 0.350. The van der Waals surface area contributed by atoms with Crippen molar-refractivity contribution in [2.45, 2.75) is 6.61 Å². The molecule has 1 heterocycles. The zero-order valence-electron chi connectivity index (χ0n) is 10.2. The fourth-order valence-electron chi connectivity index (χ4n) is 1.58. The Morgan fingerprint density at radius 3 is 2.74 bits per heavy atom. The van der Waals surface area contributed by atoms with Crippen molar-refractivity contribution in [2.75, 3.05) is 12.5 Å². The number of nitrogens with zero attached hydrogens (tertiary/aromatic N) is 2. The minimum atomic E-state index is 0.350. The van der Waals surface area contributed by atoms with Crippen molar-refractivity contribution in [2.24, 2.45) is 5.84 Å². The summed E-state index contributed by atoms with van der Waals surface area (Å²) >= 11 is 12.1. The maximum Gasteiger partial charge on any atom is 0.163 e. The molecular formula is C12H12Cl2N4O. The Hall–Kier alpha value is -1.40. The van der Waals surface area contributed by atoms with Crippen LogP contribution in [0.3, 0.4) is 0 Å². The van der Waals surface area contributed by atoms with Gasteiger partial charge in [0.1, 0.15) is 5.82 Å². The maximum absolute atomic E-state index is 6.13. The molecule has 0 spiro atoms. The van der Waals surface area contributed by atoms with Crippen LogP contribution in [0.15, 0.2) is 24.3 Å². The van der Waals surface area contributed by atoms with Crippen LogP contribution in [0, 0.1) is 0 Å². The van der Waals surface area contributed by atoms with E-state index in [0.29, 0.717) is 39.6 Å². The molecule has 19 heavy (non-hydrogen) atoms. The van der Waals surface area contributed by atoms with Gasteiger partial charge >= 0.3 is 0 Å². The Morgan fingerprint density at radius 1 is 1.26 bits per heavy atom. The van der Waals surface area contributed by atoms with E-state index in [1.54, 1.807) is 31.4 Å². The summed E-state index contributed by atoms with van der Waals surface area (Å²) in [6, 6.07) is 6.80. The number of hydrazine groups is 1. The van der Waals surface area contributed by atoms with E-state index in [-0.39, 0.29) is 0 Å². The molecule has 0 aliphatic carbocycles. The quantitative estimate of drug-likeness (QED) is 0.671. The lowest BCUT2D eigenvalue weighted by molar-refractivity contribution is 0.181. The zero-order chi connectivity index (χ0) is 13.8. The third-order valence-electron chi connectivity index (χ3n) is 2.39. The molecule has 100 valence electrons. The van der Waals surface area contributed by atoms with Gasteiger partial charge in [0.2, 0.25) is 0 Å². The number of anilines is 1. The monoisotopic (exact) mass is 298 g/mol. The number of hydrogen-bond donors (Lipinski definition) is 2. The largest absolute Gasteiger partial charge is 0.378 e. The van der Waals surface area contributed by atoms with Gasteiger partial charge in [-0.05, 0) is 18.2 Å². The Balaban J connectivity index is 2.54.